The fraction of sp³-hybridized carbons (Fsp3) is 0.529. The Bertz CT molecular complexity index is 783. The quantitative estimate of drug-likeness (QED) is 0.812. The summed E-state index contributed by atoms with van der Waals surface area (Å²) in [6.45, 7) is 6.35. The van der Waals surface area contributed by atoms with E-state index in [9.17, 15) is 9.59 Å². The zero-order valence-corrected chi connectivity index (χ0v) is 14.2. The number of nitrogens with one attached hydrogen (secondary N) is 1. The summed E-state index contributed by atoms with van der Waals surface area (Å²) in [6, 6.07) is 1.97. The van der Waals surface area contributed by atoms with E-state index in [0.29, 0.717) is 23.9 Å². The number of nitrogens with zero attached hydrogens (tertiary/aromatic N) is 3. The van der Waals surface area contributed by atoms with Gasteiger partial charge >= 0.3 is 5.97 Å². The van der Waals surface area contributed by atoms with E-state index in [1.807, 2.05) is 37.4 Å². The number of imidazole rings is 1. The molecule has 2 heterocycles. The Morgan fingerprint density at radius 1 is 1.38 bits per heavy atom. The van der Waals surface area contributed by atoms with E-state index in [2.05, 4.69) is 15.3 Å². The summed E-state index contributed by atoms with van der Waals surface area (Å²) in [5.41, 5.74) is 2.58. The molecule has 0 spiro atoms. The maximum Gasteiger partial charge on any atom is 0.307 e. The Kier molecular flexibility index (Phi) is 4.51. The molecule has 1 fully saturated rings. The van der Waals surface area contributed by atoms with Crippen LogP contribution < -0.4 is 5.32 Å². The number of carbonyl (C=O) groups is 2. The number of aryl methyl sites for hydroxylation is 2. The molecule has 1 aliphatic carbocycles. The standard InChI is InChI=1S/C17H22N4O3/c1-10-6-14(10)16(23)18-5-4-15(22)24-9-13-8-21-12(3)7-11(2)19-17(21)20-13/h7-8,10,14H,4-6,9H2,1-3H3,(H,18,23). The van der Waals surface area contributed by atoms with Gasteiger partial charge in [-0.1, -0.05) is 6.92 Å². The highest BCUT2D eigenvalue weighted by atomic mass is 16.5. The van der Waals surface area contributed by atoms with Crippen LogP contribution in [0, 0.1) is 25.7 Å². The summed E-state index contributed by atoms with van der Waals surface area (Å²) < 4.78 is 7.08. The van der Waals surface area contributed by atoms with Gasteiger partial charge in [-0.05, 0) is 32.3 Å². The number of ether oxygens (including phenoxy) is 1. The van der Waals surface area contributed by atoms with Crippen molar-refractivity contribution in [2.24, 2.45) is 11.8 Å². The highest BCUT2D eigenvalue weighted by molar-refractivity contribution is 5.81. The van der Waals surface area contributed by atoms with Crippen LogP contribution in [0.15, 0.2) is 12.3 Å². The average molecular weight is 330 g/mol. The van der Waals surface area contributed by atoms with Crippen molar-refractivity contribution in [1.82, 2.24) is 19.7 Å². The van der Waals surface area contributed by atoms with Crippen molar-refractivity contribution in [3.8, 4) is 0 Å². The lowest BCUT2D eigenvalue weighted by molar-refractivity contribution is -0.145. The van der Waals surface area contributed by atoms with Crippen molar-refractivity contribution >= 4 is 17.7 Å². The molecule has 7 heteroatoms. The van der Waals surface area contributed by atoms with Gasteiger partial charge < -0.3 is 10.1 Å². The summed E-state index contributed by atoms with van der Waals surface area (Å²) in [7, 11) is 0. The van der Waals surface area contributed by atoms with Crippen LogP contribution in [0.5, 0.6) is 0 Å². The van der Waals surface area contributed by atoms with Crippen LogP contribution in [0.4, 0.5) is 0 Å². The number of fused-ring (bicyclic) bond motifs is 1. The van der Waals surface area contributed by atoms with Crippen molar-refractivity contribution < 1.29 is 14.3 Å². The molecule has 0 radical (unpaired) electrons. The number of carbonyl (C=O) groups excluding carboxylic acids is 2. The van der Waals surface area contributed by atoms with E-state index in [4.69, 9.17) is 4.74 Å². The molecule has 0 aromatic carbocycles. The number of rotatable bonds is 6. The lowest BCUT2D eigenvalue weighted by Crippen LogP contribution is -2.28. The van der Waals surface area contributed by atoms with Gasteiger partial charge in [0.1, 0.15) is 6.61 Å². The van der Waals surface area contributed by atoms with Crippen molar-refractivity contribution in [3.05, 3.63) is 29.3 Å². The average Bonchev–Trinajstić information content (AvgIpc) is 3.10. The van der Waals surface area contributed by atoms with Crippen molar-refractivity contribution in [2.75, 3.05) is 6.54 Å². The second-order valence-electron chi connectivity index (χ2n) is 6.46. The van der Waals surface area contributed by atoms with E-state index >= 15 is 0 Å². The van der Waals surface area contributed by atoms with Gasteiger partial charge in [0.05, 0.1) is 12.1 Å². The summed E-state index contributed by atoms with van der Waals surface area (Å²) in [5.74, 6) is 0.875. The van der Waals surface area contributed by atoms with Crippen LogP contribution in [0.25, 0.3) is 5.78 Å². The highest BCUT2D eigenvalue weighted by Crippen LogP contribution is 2.37. The molecule has 2 aromatic rings. The predicted molar refractivity (Wildman–Crippen MR) is 87.2 cm³/mol. The zero-order valence-electron chi connectivity index (χ0n) is 14.2. The fourth-order valence-corrected chi connectivity index (χ4v) is 2.72. The fourth-order valence-electron chi connectivity index (χ4n) is 2.72. The van der Waals surface area contributed by atoms with Gasteiger partial charge in [0.2, 0.25) is 11.7 Å². The SMILES string of the molecule is Cc1cc(C)n2cc(COC(=O)CCNC(=O)C3CC3C)nc2n1. The third-order valence-corrected chi connectivity index (χ3v) is 4.27. The molecule has 1 saturated carbocycles. The summed E-state index contributed by atoms with van der Waals surface area (Å²) in [5, 5.41) is 2.77. The van der Waals surface area contributed by atoms with Crippen LogP contribution in [0.1, 0.15) is 36.8 Å². The number of aromatic nitrogens is 3. The number of hydrogen-bond acceptors (Lipinski definition) is 5. The Morgan fingerprint density at radius 2 is 2.12 bits per heavy atom. The van der Waals surface area contributed by atoms with Crippen LogP contribution in [0.3, 0.4) is 0 Å². The minimum absolute atomic E-state index is 0.0348. The lowest BCUT2D eigenvalue weighted by atomic mass is 10.3. The van der Waals surface area contributed by atoms with Crippen LogP contribution in [-0.2, 0) is 20.9 Å². The third kappa shape index (κ3) is 3.72. The summed E-state index contributed by atoms with van der Waals surface area (Å²) in [6.07, 6.45) is 2.92. The molecule has 1 aliphatic rings. The molecule has 24 heavy (non-hydrogen) atoms. The van der Waals surface area contributed by atoms with Crippen LogP contribution in [0.2, 0.25) is 0 Å². The van der Waals surface area contributed by atoms with E-state index in [-0.39, 0.29) is 30.8 Å². The zero-order chi connectivity index (χ0) is 17.3. The van der Waals surface area contributed by atoms with E-state index in [0.717, 1.165) is 17.8 Å². The predicted octanol–water partition coefficient (Wildman–Crippen LogP) is 1.55. The van der Waals surface area contributed by atoms with Crippen molar-refractivity contribution in [2.45, 2.75) is 40.2 Å². The van der Waals surface area contributed by atoms with Gasteiger partial charge in [-0.2, -0.15) is 0 Å². The minimum Gasteiger partial charge on any atom is -0.459 e. The molecule has 7 nitrogen and oxygen atoms in total. The largest absolute Gasteiger partial charge is 0.459 e. The first kappa shape index (κ1) is 16.4. The number of esters is 1. The Morgan fingerprint density at radius 3 is 2.83 bits per heavy atom. The Balaban J connectivity index is 1.46. The van der Waals surface area contributed by atoms with Gasteiger partial charge in [0.25, 0.3) is 0 Å². The number of hydrogen-bond donors (Lipinski definition) is 1. The Labute approximate surface area is 140 Å². The smallest absolute Gasteiger partial charge is 0.307 e. The van der Waals surface area contributed by atoms with Crippen LogP contribution in [-0.4, -0.2) is 32.8 Å². The molecule has 2 aromatic heterocycles. The molecule has 0 bridgehead atoms. The van der Waals surface area contributed by atoms with E-state index in [1.54, 1.807) is 0 Å². The molecule has 0 saturated heterocycles. The lowest BCUT2D eigenvalue weighted by Gasteiger charge is -2.05. The van der Waals surface area contributed by atoms with Gasteiger partial charge in [-0.25, -0.2) is 9.97 Å². The maximum absolute atomic E-state index is 11.8. The first-order chi connectivity index (χ1) is 11.4. The van der Waals surface area contributed by atoms with Gasteiger partial charge in [-0.15, -0.1) is 0 Å². The number of amides is 1. The molecule has 2 atom stereocenters. The van der Waals surface area contributed by atoms with E-state index < -0.39 is 0 Å². The topological polar surface area (TPSA) is 85.6 Å². The molecular weight excluding hydrogens is 308 g/mol. The second-order valence-corrected chi connectivity index (χ2v) is 6.46. The minimum atomic E-state index is -0.350. The normalized spacial score (nSPS) is 19.3. The highest BCUT2D eigenvalue weighted by Gasteiger charge is 2.38. The molecule has 128 valence electrons. The molecule has 0 aliphatic heterocycles. The van der Waals surface area contributed by atoms with Crippen molar-refractivity contribution in [1.29, 1.82) is 0 Å². The van der Waals surface area contributed by atoms with Gasteiger partial charge in [0, 0.05) is 30.0 Å². The van der Waals surface area contributed by atoms with Crippen molar-refractivity contribution in [3.63, 3.8) is 0 Å². The monoisotopic (exact) mass is 330 g/mol. The summed E-state index contributed by atoms with van der Waals surface area (Å²) in [4.78, 5) is 32.1. The molecule has 3 rings (SSSR count). The third-order valence-electron chi connectivity index (χ3n) is 4.27. The molecule has 2 unspecified atom stereocenters. The second kappa shape index (κ2) is 6.59. The maximum atomic E-state index is 11.8. The Hall–Kier alpha value is -2.44. The first-order valence-electron chi connectivity index (χ1n) is 8.19. The molecule has 1 N–H and O–H groups in total. The van der Waals surface area contributed by atoms with E-state index in [1.165, 1.54) is 0 Å². The summed E-state index contributed by atoms with van der Waals surface area (Å²) >= 11 is 0. The molecule has 1 amide bonds. The van der Waals surface area contributed by atoms with Gasteiger partial charge in [0.15, 0.2) is 0 Å². The molecular formula is C17H22N4O3. The first-order valence-corrected chi connectivity index (χ1v) is 8.19. The van der Waals surface area contributed by atoms with Gasteiger partial charge in [-0.3, -0.25) is 14.0 Å². The van der Waals surface area contributed by atoms with Crippen LogP contribution >= 0.6 is 0 Å².